The van der Waals surface area contributed by atoms with Gasteiger partial charge in [0.15, 0.2) is 0 Å². The van der Waals surface area contributed by atoms with Crippen molar-refractivity contribution in [1.29, 1.82) is 0 Å². The van der Waals surface area contributed by atoms with Crippen LogP contribution in [0.2, 0.25) is 5.02 Å². The molecular formula is C10H8ClFO2. The van der Waals surface area contributed by atoms with Crippen molar-refractivity contribution in [2.24, 2.45) is 0 Å². The van der Waals surface area contributed by atoms with E-state index in [1.54, 1.807) is 24.3 Å². The maximum Gasteiger partial charge on any atom is 0.342 e. The molecule has 1 aliphatic carbocycles. The van der Waals surface area contributed by atoms with Crippen LogP contribution in [0.15, 0.2) is 24.3 Å². The van der Waals surface area contributed by atoms with E-state index in [0.29, 0.717) is 10.6 Å². The molecule has 0 spiro atoms. The minimum absolute atomic E-state index is 0.0595. The van der Waals surface area contributed by atoms with Crippen LogP contribution in [-0.2, 0) is 4.79 Å². The molecule has 14 heavy (non-hydrogen) atoms. The Labute approximate surface area is 85.3 Å². The maximum absolute atomic E-state index is 13.4. The summed E-state index contributed by atoms with van der Waals surface area (Å²) in [6.07, 6.45) is 0.0595. The third-order valence-corrected chi connectivity index (χ3v) is 2.77. The predicted molar refractivity (Wildman–Crippen MR) is 50.3 cm³/mol. The molecular weight excluding hydrogens is 207 g/mol. The lowest BCUT2D eigenvalue weighted by Gasteiger charge is -2.01. The van der Waals surface area contributed by atoms with E-state index in [2.05, 4.69) is 0 Å². The Morgan fingerprint density at radius 3 is 2.50 bits per heavy atom. The molecule has 0 aliphatic heterocycles. The second-order valence-electron chi connectivity index (χ2n) is 3.48. The van der Waals surface area contributed by atoms with Crippen molar-refractivity contribution in [1.82, 2.24) is 0 Å². The molecule has 2 nitrogen and oxygen atoms in total. The quantitative estimate of drug-likeness (QED) is 0.822. The van der Waals surface area contributed by atoms with Gasteiger partial charge in [-0.3, -0.25) is 0 Å². The topological polar surface area (TPSA) is 37.3 Å². The van der Waals surface area contributed by atoms with Crippen LogP contribution >= 0.6 is 11.6 Å². The van der Waals surface area contributed by atoms with E-state index >= 15 is 0 Å². The Kier molecular flexibility index (Phi) is 2.00. The summed E-state index contributed by atoms with van der Waals surface area (Å²) in [6, 6.07) is 6.60. The fourth-order valence-corrected chi connectivity index (χ4v) is 1.68. The van der Waals surface area contributed by atoms with E-state index < -0.39 is 17.6 Å². The molecule has 0 saturated heterocycles. The fraction of sp³-hybridized carbons (Fsp3) is 0.300. The van der Waals surface area contributed by atoms with Gasteiger partial charge in [0.1, 0.15) is 0 Å². The minimum atomic E-state index is -2.06. The van der Waals surface area contributed by atoms with Crippen molar-refractivity contribution in [2.75, 3.05) is 0 Å². The van der Waals surface area contributed by atoms with Crippen molar-refractivity contribution in [3.05, 3.63) is 34.9 Å². The SMILES string of the molecule is O=C(O)C1(F)CC1c1ccc(Cl)cc1. The number of hydrogen-bond donors (Lipinski definition) is 1. The summed E-state index contributed by atoms with van der Waals surface area (Å²) in [7, 11) is 0. The van der Waals surface area contributed by atoms with Crippen LogP contribution in [0.3, 0.4) is 0 Å². The Morgan fingerprint density at radius 1 is 1.50 bits per heavy atom. The number of halogens is 2. The molecule has 1 aromatic carbocycles. The highest BCUT2D eigenvalue weighted by molar-refractivity contribution is 6.30. The predicted octanol–water partition coefficient (Wildman–Crippen LogP) is 2.62. The molecule has 4 heteroatoms. The van der Waals surface area contributed by atoms with Crippen LogP contribution in [0.4, 0.5) is 4.39 Å². The lowest BCUT2D eigenvalue weighted by atomic mass is 10.1. The molecule has 0 radical (unpaired) electrons. The lowest BCUT2D eigenvalue weighted by Crippen LogP contribution is -2.17. The van der Waals surface area contributed by atoms with Gasteiger partial charge >= 0.3 is 5.97 Å². The summed E-state index contributed by atoms with van der Waals surface area (Å²) in [5, 5.41) is 9.16. The second-order valence-corrected chi connectivity index (χ2v) is 3.91. The van der Waals surface area contributed by atoms with E-state index in [1.165, 1.54) is 0 Å². The van der Waals surface area contributed by atoms with Gasteiger partial charge < -0.3 is 5.11 Å². The monoisotopic (exact) mass is 214 g/mol. The number of rotatable bonds is 2. The lowest BCUT2D eigenvalue weighted by molar-refractivity contribution is -0.144. The molecule has 0 bridgehead atoms. The van der Waals surface area contributed by atoms with Crippen LogP contribution in [0.25, 0.3) is 0 Å². The van der Waals surface area contributed by atoms with Crippen LogP contribution in [0.5, 0.6) is 0 Å². The van der Waals surface area contributed by atoms with Gasteiger partial charge in [-0.05, 0) is 17.7 Å². The average molecular weight is 215 g/mol. The van der Waals surface area contributed by atoms with Crippen molar-refractivity contribution >= 4 is 17.6 Å². The first kappa shape index (κ1) is 9.46. The van der Waals surface area contributed by atoms with E-state index in [9.17, 15) is 9.18 Å². The molecule has 2 rings (SSSR count). The fourth-order valence-electron chi connectivity index (χ4n) is 1.55. The summed E-state index contributed by atoms with van der Waals surface area (Å²) in [6.45, 7) is 0. The zero-order chi connectivity index (χ0) is 10.3. The van der Waals surface area contributed by atoms with Gasteiger partial charge in [0.25, 0.3) is 0 Å². The van der Waals surface area contributed by atoms with Gasteiger partial charge in [-0.2, -0.15) is 0 Å². The average Bonchev–Trinajstić information content (AvgIpc) is 2.81. The summed E-state index contributed by atoms with van der Waals surface area (Å²) >= 11 is 5.66. The number of aliphatic carboxylic acids is 1. The molecule has 0 amide bonds. The van der Waals surface area contributed by atoms with Crippen LogP contribution in [0.1, 0.15) is 17.9 Å². The Bertz CT molecular complexity index is 376. The Balaban J connectivity index is 2.21. The second kappa shape index (κ2) is 2.95. The summed E-state index contributed by atoms with van der Waals surface area (Å²) in [4.78, 5) is 10.5. The molecule has 2 unspecified atom stereocenters. The van der Waals surface area contributed by atoms with E-state index in [0.717, 1.165) is 0 Å². The first-order chi connectivity index (χ1) is 6.54. The third kappa shape index (κ3) is 1.38. The van der Waals surface area contributed by atoms with Gasteiger partial charge in [-0.15, -0.1) is 0 Å². The van der Waals surface area contributed by atoms with Crippen molar-refractivity contribution < 1.29 is 14.3 Å². The van der Waals surface area contributed by atoms with Crippen molar-refractivity contribution in [3.63, 3.8) is 0 Å². The van der Waals surface area contributed by atoms with E-state index in [-0.39, 0.29) is 6.42 Å². The van der Waals surface area contributed by atoms with Crippen molar-refractivity contribution in [2.45, 2.75) is 18.0 Å². The van der Waals surface area contributed by atoms with E-state index in [4.69, 9.17) is 16.7 Å². The van der Waals surface area contributed by atoms with Gasteiger partial charge in [0, 0.05) is 17.4 Å². The number of alkyl halides is 1. The number of hydrogen-bond acceptors (Lipinski definition) is 1. The van der Waals surface area contributed by atoms with Crippen LogP contribution in [0, 0.1) is 0 Å². The first-order valence-electron chi connectivity index (χ1n) is 4.22. The van der Waals surface area contributed by atoms with Gasteiger partial charge in [-0.1, -0.05) is 23.7 Å². The smallest absolute Gasteiger partial charge is 0.342 e. The van der Waals surface area contributed by atoms with Gasteiger partial charge in [0.2, 0.25) is 5.67 Å². The normalized spacial score (nSPS) is 30.0. The number of carbonyl (C=O) groups is 1. The standard InChI is InChI=1S/C10H8ClFO2/c11-7-3-1-6(2-4-7)8-5-10(8,12)9(13)14/h1-4,8H,5H2,(H,13,14). The zero-order valence-electron chi connectivity index (χ0n) is 7.21. The van der Waals surface area contributed by atoms with Gasteiger partial charge in [-0.25, -0.2) is 9.18 Å². The highest BCUT2D eigenvalue weighted by Crippen LogP contribution is 2.54. The van der Waals surface area contributed by atoms with Gasteiger partial charge in [0.05, 0.1) is 0 Å². The van der Waals surface area contributed by atoms with E-state index in [1.807, 2.05) is 0 Å². The number of carboxylic acid groups (broad SMARTS) is 1. The largest absolute Gasteiger partial charge is 0.479 e. The highest BCUT2D eigenvalue weighted by Gasteiger charge is 2.62. The van der Waals surface area contributed by atoms with Crippen LogP contribution < -0.4 is 0 Å². The number of benzene rings is 1. The summed E-state index contributed by atoms with van der Waals surface area (Å²) < 4.78 is 13.4. The molecule has 1 saturated carbocycles. The van der Waals surface area contributed by atoms with Crippen LogP contribution in [-0.4, -0.2) is 16.7 Å². The molecule has 1 fully saturated rings. The molecule has 1 aliphatic rings. The first-order valence-corrected chi connectivity index (χ1v) is 4.59. The maximum atomic E-state index is 13.4. The Hall–Kier alpha value is -1.09. The summed E-state index contributed by atoms with van der Waals surface area (Å²) in [5.41, 5.74) is -1.37. The molecule has 2 atom stereocenters. The molecule has 0 aromatic heterocycles. The van der Waals surface area contributed by atoms with Crippen molar-refractivity contribution in [3.8, 4) is 0 Å². The third-order valence-electron chi connectivity index (χ3n) is 2.52. The Morgan fingerprint density at radius 2 is 2.07 bits per heavy atom. The minimum Gasteiger partial charge on any atom is -0.479 e. The number of carboxylic acids is 1. The molecule has 1 aromatic rings. The molecule has 74 valence electrons. The summed E-state index contributed by atoms with van der Waals surface area (Å²) in [5.74, 6) is -1.89. The highest BCUT2D eigenvalue weighted by atomic mass is 35.5. The molecule has 0 heterocycles. The zero-order valence-corrected chi connectivity index (χ0v) is 7.96. The molecule has 1 N–H and O–H groups in total.